The number of hydrogen-bond acceptors (Lipinski definition) is 7. The maximum absolute atomic E-state index is 11.4. The summed E-state index contributed by atoms with van der Waals surface area (Å²) >= 11 is 0. The Kier molecular flexibility index (Phi) is 7.55. The molecule has 0 radical (unpaired) electrons. The van der Waals surface area contributed by atoms with E-state index >= 15 is 0 Å². The van der Waals surface area contributed by atoms with Gasteiger partial charge in [0.15, 0.2) is 0 Å². The molecule has 1 N–H and O–H groups in total. The Balaban J connectivity index is 1.99. The van der Waals surface area contributed by atoms with Gasteiger partial charge in [-0.2, -0.15) is 8.42 Å². The van der Waals surface area contributed by atoms with Gasteiger partial charge in [0.1, 0.15) is 23.0 Å². The second-order valence-electron chi connectivity index (χ2n) is 6.80. The second kappa shape index (κ2) is 9.71. The van der Waals surface area contributed by atoms with Gasteiger partial charge in [-0.3, -0.25) is 0 Å². The lowest BCUT2D eigenvalue weighted by molar-refractivity contribution is -0.154. The molecule has 0 heterocycles. The molecule has 30 heavy (non-hydrogen) atoms. The smallest absolute Gasteiger partial charge is 0.347 e. The molecule has 0 aliphatic heterocycles. The van der Waals surface area contributed by atoms with Crippen molar-refractivity contribution in [1.29, 1.82) is 0 Å². The molecule has 0 amide bonds. The minimum absolute atomic E-state index is 0.190. The van der Waals surface area contributed by atoms with Crippen molar-refractivity contribution in [3.8, 4) is 23.0 Å². The van der Waals surface area contributed by atoms with E-state index in [2.05, 4.69) is 0 Å². The van der Waals surface area contributed by atoms with Crippen LogP contribution in [0, 0.1) is 0 Å². The lowest BCUT2D eigenvalue weighted by atomic mass is 10.0. The van der Waals surface area contributed by atoms with Gasteiger partial charge in [0, 0.05) is 6.42 Å². The highest BCUT2D eigenvalue weighted by Gasteiger charge is 2.33. The van der Waals surface area contributed by atoms with E-state index in [1.807, 2.05) is 6.92 Å². The summed E-state index contributed by atoms with van der Waals surface area (Å²) in [4.78, 5) is 11.4. The predicted octanol–water partition coefficient (Wildman–Crippen LogP) is 3.85. The summed E-state index contributed by atoms with van der Waals surface area (Å²) < 4.78 is 44.3. The van der Waals surface area contributed by atoms with Crippen LogP contribution in [0.4, 0.5) is 0 Å². The van der Waals surface area contributed by atoms with Gasteiger partial charge in [0.05, 0.1) is 6.26 Å². The first-order valence-corrected chi connectivity index (χ1v) is 11.2. The molecule has 2 aromatic rings. The third-order valence-electron chi connectivity index (χ3n) is 4.23. The van der Waals surface area contributed by atoms with Crippen LogP contribution in [-0.2, 0) is 14.9 Å². The Morgan fingerprint density at radius 2 is 1.37 bits per heavy atom. The topological polar surface area (TPSA) is 108 Å². The molecule has 9 heteroatoms. The van der Waals surface area contributed by atoms with E-state index < -0.39 is 28.0 Å². The summed E-state index contributed by atoms with van der Waals surface area (Å²) in [6.07, 6.45) is 1.25. The first kappa shape index (κ1) is 23.3. The van der Waals surface area contributed by atoms with E-state index in [4.69, 9.17) is 18.4 Å². The van der Waals surface area contributed by atoms with Gasteiger partial charge in [-0.1, -0.05) is 13.8 Å². The van der Waals surface area contributed by atoms with Crippen LogP contribution >= 0.6 is 0 Å². The largest absolute Gasteiger partial charge is 0.478 e. The number of carboxylic acids is 1. The van der Waals surface area contributed by atoms with Gasteiger partial charge in [0.2, 0.25) is 11.9 Å². The van der Waals surface area contributed by atoms with Crippen molar-refractivity contribution in [3.63, 3.8) is 0 Å². The van der Waals surface area contributed by atoms with E-state index in [0.29, 0.717) is 30.1 Å². The average molecular weight is 438 g/mol. The van der Waals surface area contributed by atoms with Gasteiger partial charge >= 0.3 is 16.1 Å². The van der Waals surface area contributed by atoms with Gasteiger partial charge < -0.3 is 23.5 Å². The van der Waals surface area contributed by atoms with Crippen molar-refractivity contribution in [1.82, 2.24) is 0 Å². The van der Waals surface area contributed by atoms with E-state index in [1.54, 1.807) is 43.3 Å². The number of ether oxygens (including phenoxy) is 3. The number of carboxylic acid groups (broad SMARTS) is 1. The molecule has 164 valence electrons. The molecule has 0 aliphatic carbocycles. The van der Waals surface area contributed by atoms with Crippen LogP contribution in [0.5, 0.6) is 23.0 Å². The maximum atomic E-state index is 11.4. The Labute approximate surface area is 176 Å². The molecular formula is C21H26O8S. The Morgan fingerprint density at radius 3 is 1.73 bits per heavy atom. The van der Waals surface area contributed by atoms with Gasteiger partial charge in [0.25, 0.3) is 0 Å². The molecule has 2 aromatic carbocycles. The quantitative estimate of drug-likeness (QED) is 0.416. The fraction of sp³-hybridized carbons (Fsp3) is 0.381. The Morgan fingerprint density at radius 1 is 0.933 bits per heavy atom. The second-order valence-corrected chi connectivity index (χ2v) is 8.37. The number of benzene rings is 2. The molecule has 2 rings (SSSR count). The molecule has 0 fully saturated rings. The monoisotopic (exact) mass is 438 g/mol. The molecule has 0 aliphatic rings. The zero-order valence-electron chi connectivity index (χ0n) is 17.3. The molecular weight excluding hydrogens is 412 g/mol. The molecule has 2 atom stereocenters. The average Bonchev–Trinajstić information content (AvgIpc) is 2.69. The van der Waals surface area contributed by atoms with Crippen molar-refractivity contribution in [2.75, 3.05) is 6.26 Å². The van der Waals surface area contributed by atoms with Crippen molar-refractivity contribution in [2.24, 2.45) is 0 Å². The van der Waals surface area contributed by atoms with Crippen LogP contribution in [0.15, 0.2) is 48.5 Å². The molecule has 0 aromatic heterocycles. The standard InChI is InChI=1S/C21H26O8S/c1-5-19(27-16-9-13-18(14-10-16)29-30(4,24)25)26-15-7-11-17(12-8-15)28-21(3,6-2)20(22)23/h7-14,19H,5-6H2,1-4H3,(H,22,23). The molecule has 0 saturated carbocycles. The van der Waals surface area contributed by atoms with Crippen molar-refractivity contribution in [3.05, 3.63) is 48.5 Å². The first-order valence-electron chi connectivity index (χ1n) is 9.40. The summed E-state index contributed by atoms with van der Waals surface area (Å²) in [6, 6.07) is 12.8. The highest BCUT2D eigenvalue weighted by Crippen LogP contribution is 2.26. The normalized spacial score (nSPS) is 14.3. The molecule has 0 spiro atoms. The highest BCUT2D eigenvalue weighted by atomic mass is 32.2. The summed E-state index contributed by atoms with van der Waals surface area (Å²) in [6.45, 7) is 5.16. The van der Waals surface area contributed by atoms with Crippen molar-refractivity contribution >= 4 is 16.1 Å². The summed E-state index contributed by atoms with van der Waals surface area (Å²) in [5.41, 5.74) is -1.30. The van der Waals surface area contributed by atoms with Gasteiger partial charge in [-0.15, -0.1) is 0 Å². The zero-order chi connectivity index (χ0) is 22.4. The molecule has 0 bridgehead atoms. The molecule has 0 saturated heterocycles. The summed E-state index contributed by atoms with van der Waals surface area (Å²) in [5.74, 6) is 0.597. The zero-order valence-corrected chi connectivity index (χ0v) is 18.1. The summed E-state index contributed by atoms with van der Waals surface area (Å²) in [7, 11) is -3.59. The van der Waals surface area contributed by atoms with Crippen LogP contribution in [-0.4, -0.2) is 37.6 Å². The Bertz CT molecular complexity index is 938. The van der Waals surface area contributed by atoms with Crippen LogP contribution in [0.2, 0.25) is 0 Å². The number of aliphatic carboxylic acids is 1. The molecule has 8 nitrogen and oxygen atoms in total. The van der Waals surface area contributed by atoms with Crippen molar-refractivity contribution in [2.45, 2.75) is 45.5 Å². The lowest BCUT2D eigenvalue weighted by Crippen LogP contribution is -2.40. The summed E-state index contributed by atoms with van der Waals surface area (Å²) in [5, 5.41) is 9.31. The fourth-order valence-corrected chi connectivity index (χ4v) is 2.82. The minimum Gasteiger partial charge on any atom is -0.478 e. The lowest BCUT2D eigenvalue weighted by Gasteiger charge is -2.25. The van der Waals surface area contributed by atoms with E-state index in [1.165, 1.54) is 19.1 Å². The Hall–Kier alpha value is -2.94. The highest BCUT2D eigenvalue weighted by molar-refractivity contribution is 7.86. The number of carbonyl (C=O) groups is 1. The fourth-order valence-electron chi connectivity index (χ4n) is 2.36. The SMILES string of the molecule is CCC(Oc1ccc(OC(C)(CC)C(=O)O)cc1)Oc1ccc(OS(C)(=O)=O)cc1. The number of hydrogen-bond donors (Lipinski definition) is 1. The van der Waals surface area contributed by atoms with Crippen LogP contribution in [0.3, 0.4) is 0 Å². The maximum Gasteiger partial charge on any atom is 0.347 e. The minimum atomic E-state index is -3.59. The van der Waals surface area contributed by atoms with E-state index in [-0.39, 0.29) is 5.75 Å². The van der Waals surface area contributed by atoms with Gasteiger partial charge in [-0.05, 0) is 61.9 Å². The number of rotatable bonds is 11. The van der Waals surface area contributed by atoms with Gasteiger partial charge in [-0.25, -0.2) is 4.79 Å². The van der Waals surface area contributed by atoms with Crippen molar-refractivity contribution < 1.29 is 36.7 Å². The molecule has 2 unspecified atom stereocenters. The van der Waals surface area contributed by atoms with Crippen LogP contribution < -0.4 is 18.4 Å². The van der Waals surface area contributed by atoms with E-state index in [0.717, 1.165) is 6.26 Å². The first-order chi connectivity index (χ1) is 14.0. The predicted molar refractivity (Wildman–Crippen MR) is 111 cm³/mol. The van der Waals surface area contributed by atoms with E-state index in [9.17, 15) is 18.3 Å². The third kappa shape index (κ3) is 6.84. The third-order valence-corrected chi connectivity index (χ3v) is 4.73. The van der Waals surface area contributed by atoms with Crippen LogP contribution in [0.1, 0.15) is 33.6 Å². The van der Waals surface area contributed by atoms with Crippen LogP contribution in [0.25, 0.3) is 0 Å².